The van der Waals surface area contributed by atoms with Gasteiger partial charge in [0.2, 0.25) is 0 Å². The van der Waals surface area contributed by atoms with Crippen molar-refractivity contribution in [2.45, 2.75) is 11.8 Å². The molecule has 1 unspecified atom stereocenters. The minimum Gasteiger partial charge on any atom is -0.216 e. The zero-order valence-corrected chi connectivity index (χ0v) is 16.5. The summed E-state index contributed by atoms with van der Waals surface area (Å²) in [7, 11) is -3.80. The van der Waals surface area contributed by atoms with Gasteiger partial charge in [0.25, 0.3) is 10.0 Å². The summed E-state index contributed by atoms with van der Waals surface area (Å²) in [6.45, 7) is 1.35. The standard InChI is InChI=1S/C8H10AsNO5.C6H5N3O2S/c1-6(11)10-8-4-2-7(3-5-8)9(12,13)15-14;7-8-9-12(10,11)6-4-2-1-3-5-6/h2-5,14H,1H3,(H,10,11)(H,12,13);1-5H. The molecule has 0 spiro atoms. The van der Waals surface area contributed by atoms with Crippen molar-refractivity contribution in [3.63, 3.8) is 0 Å². The van der Waals surface area contributed by atoms with E-state index in [9.17, 15) is 17.0 Å². The summed E-state index contributed by atoms with van der Waals surface area (Å²) >= 11 is -4.76. The molecule has 0 aliphatic carbocycles. The first-order chi connectivity index (χ1) is 12.6. The van der Waals surface area contributed by atoms with Crippen LogP contribution in [0.2, 0.25) is 0 Å². The van der Waals surface area contributed by atoms with Crippen LogP contribution in [0.3, 0.4) is 0 Å². The number of carbonyl (C=O) groups excluding carboxylic acids is 1. The Kier molecular flexibility index (Phi) is 8.25. The van der Waals surface area contributed by atoms with Crippen LogP contribution in [0.1, 0.15) is 6.92 Å². The minimum absolute atomic E-state index is 0.00259. The van der Waals surface area contributed by atoms with E-state index in [1.807, 2.05) is 0 Å². The number of nitrogens with one attached hydrogen (secondary N) is 1. The Morgan fingerprint density at radius 2 is 1.74 bits per heavy atom. The normalized spacial score (nSPS) is 12.6. The summed E-state index contributed by atoms with van der Waals surface area (Å²) < 4.78 is 48.5. The summed E-state index contributed by atoms with van der Waals surface area (Å²) in [5.74, 6) is -0.237. The Labute approximate surface area is 157 Å². The van der Waals surface area contributed by atoms with Crippen LogP contribution in [-0.4, -0.2) is 37.9 Å². The van der Waals surface area contributed by atoms with E-state index >= 15 is 0 Å². The van der Waals surface area contributed by atoms with Crippen molar-refractivity contribution in [2.24, 2.45) is 4.52 Å². The van der Waals surface area contributed by atoms with Gasteiger partial charge in [-0.3, -0.25) is 0 Å². The molecule has 11 nitrogen and oxygen atoms in total. The van der Waals surface area contributed by atoms with Gasteiger partial charge in [-0.15, -0.1) is 0 Å². The van der Waals surface area contributed by atoms with E-state index in [0.29, 0.717) is 5.69 Å². The Balaban J connectivity index is 0.000000277. The van der Waals surface area contributed by atoms with Crippen LogP contribution in [0.25, 0.3) is 10.4 Å². The van der Waals surface area contributed by atoms with E-state index in [-0.39, 0.29) is 15.2 Å². The predicted octanol–water partition coefficient (Wildman–Crippen LogP) is 1.39. The van der Waals surface area contributed by atoms with E-state index in [1.165, 1.54) is 43.3 Å². The summed E-state index contributed by atoms with van der Waals surface area (Å²) in [4.78, 5) is 12.9. The van der Waals surface area contributed by atoms with Gasteiger partial charge in [-0.1, -0.05) is 18.2 Å². The molecule has 0 aromatic heterocycles. The molecule has 0 fully saturated rings. The molecule has 27 heavy (non-hydrogen) atoms. The first-order valence-corrected chi connectivity index (χ1v) is 11.8. The number of benzene rings is 2. The monoisotopic (exact) mass is 458 g/mol. The van der Waals surface area contributed by atoms with Crippen LogP contribution in [0.5, 0.6) is 0 Å². The van der Waals surface area contributed by atoms with Gasteiger partial charge in [0.05, 0.1) is 4.90 Å². The van der Waals surface area contributed by atoms with Crippen LogP contribution >= 0.6 is 0 Å². The van der Waals surface area contributed by atoms with Gasteiger partial charge in [0.15, 0.2) is 0 Å². The number of amides is 1. The summed E-state index contributed by atoms with van der Waals surface area (Å²) in [5.41, 5.74) is 8.44. The Morgan fingerprint density at radius 1 is 1.19 bits per heavy atom. The third kappa shape index (κ3) is 7.27. The van der Waals surface area contributed by atoms with Crippen LogP contribution < -0.4 is 9.67 Å². The summed E-state index contributed by atoms with van der Waals surface area (Å²) in [5, 5.41) is 10.7. The van der Waals surface area contributed by atoms with Crippen LogP contribution in [0.15, 0.2) is 64.0 Å². The van der Waals surface area contributed by atoms with Crippen molar-refractivity contribution < 1.29 is 30.2 Å². The third-order valence-electron chi connectivity index (χ3n) is 2.81. The number of nitrogens with zero attached hydrogens (tertiary/aromatic N) is 3. The molecule has 0 saturated carbocycles. The Bertz CT molecular complexity index is 974. The van der Waals surface area contributed by atoms with Gasteiger partial charge in [0.1, 0.15) is 0 Å². The quantitative estimate of drug-likeness (QED) is 0.151. The average molecular weight is 458 g/mol. The summed E-state index contributed by atoms with van der Waals surface area (Å²) in [6, 6.07) is 13.0. The molecule has 1 atom stereocenters. The molecule has 0 aliphatic heterocycles. The van der Waals surface area contributed by atoms with Gasteiger partial charge in [-0.2, -0.15) is 0 Å². The number of anilines is 1. The molecule has 3 N–H and O–H groups in total. The fraction of sp³-hybridized carbons (Fsp3) is 0.0714. The first kappa shape index (κ1) is 22.4. The van der Waals surface area contributed by atoms with E-state index in [1.54, 1.807) is 18.2 Å². The molecular weight excluding hydrogens is 443 g/mol. The predicted molar refractivity (Wildman–Crippen MR) is 95.5 cm³/mol. The average Bonchev–Trinajstić information content (AvgIpc) is 2.63. The van der Waals surface area contributed by atoms with E-state index in [2.05, 4.69) is 18.6 Å². The molecule has 2 rings (SSSR count). The van der Waals surface area contributed by atoms with Crippen molar-refractivity contribution in [3.8, 4) is 0 Å². The molecular formula is C14H15AsN4O7S. The molecule has 0 aliphatic rings. The third-order valence-corrected chi connectivity index (χ3v) is 6.42. The molecule has 0 saturated heterocycles. The zero-order valence-electron chi connectivity index (χ0n) is 13.8. The number of azide groups is 1. The van der Waals surface area contributed by atoms with Crippen molar-refractivity contribution in [2.75, 3.05) is 5.32 Å². The molecule has 0 heterocycles. The summed E-state index contributed by atoms with van der Waals surface area (Å²) in [6.07, 6.45) is 0. The maximum absolute atomic E-state index is 11.2. The maximum Gasteiger partial charge on any atom is 0.264 e. The first-order valence-electron chi connectivity index (χ1n) is 7.03. The Morgan fingerprint density at radius 3 is 2.19 bits per heavy atom. The number of hydrogen-bond donors (Lipinski definition) is 3. The van der Waals surface area contributed by atoms with Gasteiger partial charge in [0, 0.05) is 9.43 Å². The molecule has 1 amide bonds. The molecule has 2 aromatic rings. The molecule has 13 heteroatoms. The Hall–Kier alpha value is -2.59. The minimum atomic E-state index is -4.76. The van der Waals surface area contributed by atoms with Gasteiger partial charge < -0.3 is 0 Å². The number of carbonyl (C=O) groups is 1. The molecule has 2 aromatic carbocycles. The maximum atomic E-state index is 11.2. The second kappa shape index (κ2) is 9.93. The fourth-order valence-corrected chi connectivity index (χ4v) is 3.66. The van der Waals surface area contributed by atoms with Crippen LogP contribution in [-0.2, 0) is 22.4 Å². The van der Waals surface area contributed by atoms with Crippen LogP contribution in [0.4, 0.5) is 5.69 Å². The van der Waals surface area contributed by atoms with E-state index in [0.717, 1.165) is 0 Å². The SMILES string of the molecule is CC(=O)Nc1ccc([As](=O)(O)OO)cc1.[N-]=[N+]=NS(=O)(=O)c1ccccc1. The van der Waals surface area contributed by atoms with E-state index < -0.39 is 24.2 Å². The molecule has 0 bridgehead atoms. The van der Waals surface area contributed by atoms with Crippen molar-refractivity contribution >= 4 is 40.1 Å². The number of rotatable bonds is 5. The second-order valence-electron chi connectivity index (χ2n) is 4.79. The topological polar surface area (TPSA) is 179 Å². The molecule has 0 radical (unpaired) electrons. The van der Waals surface area contributed by atoms with Crippen molar-refractivity contribution in [3.05, 3.63) is 65.0 Å². The van der Waals surface area contributed by atoms with Crippen molar-refractivity contribution in [1.29, 1.82) is 0 Å². The second-order valence-corrected chi connectivity index (χ2v) is 9.98. The van der Waals surface area contributed by atoms with Crippen molar-refractivity contribution in [1.82, 2.24) is 0 Å². The number of hydrogen-bond acceptors (Lipinski definition) is 6. The smallest absolute Gasteiger partial charge is 0.216 e. The van der Waals surface area contributed by atoms with Gasteiger partial charge >= 0.3 is 88.4 Å². The van der Waals surface area contributed by atoms with Gasteiger partial charge in [-0.25, -0.2) is 8.42 Å². The largest absolute Gasteiger partial charge is 0.264 e. The van der Waals surface area contributed by atoms with E-state index in [4.69, 9.17) is 14.9 Å². The fourth-order valence-electron chi connectivity index (χ4n) is 1.67. The zero-order chi connectivity index (χ0) is 20.5. The molecule has 144 valence electrons. The van der Waals surface area contributed by atoms with Gasteiger partial charge in [-0.05, 0) is 17.7 Å². The van der Waals surface area contributed by atoms with Crippen LogP contribution in [0, 0.1) is 0 Å². The number of sulfonamides is 1.